The van der Waals surface area contributed by atoms with Gasteiger partial charge < -0.3 is 9.84 Å². The first kappa shape index (κ1) is 15.6. The molecule has 0 heterocycles. The van der Waals surface area contributed by atoms with Gasteiger partial charge in [-0.05, 0) is 49.1 Å². The summed E-state index contributed by atoms with van der Waals surface area (Å²) in [6.07, 6.45) is 2.64. The third-order valence-corrected chi connectivity index (χ3v) is 3.71. The molecular weight excluding hydrogens is 260 g/mol. The van der Waals surface area contributed by atoms with Gasteiger partial charge in [-0.15, -0.1) is 0 Å². The quantitative estimate of drug-likeness (QED) is 0.777. The van der Waals surface area contributed by atoms with E-state index in [1.807, 2.05) is 12.1 Å². The van der Waals surface area contributed by atoms with Crippen LogP contribution in [0.4, 0.5) is 0 Å². The van der Waals surface area contributed by atoms with E-state index in [2.05, 4.69) is 45.0 Å². The van der Waals surface area contributed by atoms with Gasteiger partial charge in [0, 0.05) is 0 Å². The third-order valence-electron chi connectivity index (χ3n) is 3.71. The Bertz CT molecular complexity index is 543. The van der Waals surface area contributed by atoms with Crippen LogP contribution in [0.1, 0.15) is 45.3 Å². The predicted octanol–water partition coefficient (Wildman–Crippen LogP) is 5.33. The molecule has 2 heteroatoms. The van der Waals surface area contributed by atoms with Gasteiger partial charge in [-0.3, -0.25) is 0 Å². The van der Waals surface area contributed by atoms with Crippen molar-refractivity contribution in [3.63, 3.8) is 0 Å². The van der Waals surface area contributed by atoms with Crippen LogP contribution in [0, 0.1) is 0 Å². The van der Waals surface area contributed by atoms with Crippen molar-refractivity contribution in [3.8, 4) is 16.9 Å². The monoisotopic (exact) mass is 284 g/mol. The van der Waals surface area contributed by atoms with E-state index < -0.39 is 0 Å². The zero-order chi connectivity index (χ0) is 15.2. The van der Waals surface area contributed by atoms with Gasteiger partial charge in [0.25, 0.3) is 0 Å². The SMILES string of the molecule is CCCC(C)OC(C)c1ccc(-c2ccc(O)cc2)cc1. The minimum atomic E-state index is 0.111. The van der Waals surface area contributed by atoms with Crippen molar-refractivity contribution in [3.05, 3.63) is 54.1 Å². The molecule has 0 aliphatic rings. The van der Waals surface area contributed by atoms with Crippen molar-refractivity contribution in [2.45, 2.75) is 45.8 Å². The Balaban J connectivity index is 2.06. The molecule has 0 saturated carbocycles. The molecule has 112 valence electrons. The Kier molecular flexibility index (Phi) is 5.40. The van der Waals surface area contributed by atoms with Crippen molar-refractivity contribution in [2.75, 3.05) is 0 Å². The average molecular weight is 284 g/mol. The van der Waals surface area contributed by atoms with Gasteiger partial charge in [0.05, 0.1) is 12.2 Å². The van der Waals surface area contributed by atoms with Crippen LogP contribution < -0.4 is 0 Å². The molecule has 0 aromatic heterocycles. The second-order valence-corrected chi connectivity index (χ2v) is 5.55. The smallest absolute Gasteiger partial charge is 0.115 e. The lowest BCUT2D eigenvalue weighted by molar-refractivity contribution is 0.00258. The Hall–Kier alpha value is -1.80. The number of benzene rings is 2. The Morgan fingerprint density at radius 2 is 1.43 bits per heavy atom. The van der Waals surface area contributed by atoms with E-state index in [4.69, 9.17) is 4.74 Å². The van der Waals surface area contributed by atoms with Gasteiger partial charge >= 0.3 is 0 Å². The molecule has 0 amide bonds. The van der Waals surface area contributed by atoms with Crippen molar-refractivity contribution in [1.82, 2.24) is 0 Å². The number of ether oxygens (including phenoxy) is 1. The first-order valence-electron chi connectivity index (χ1n) is 7.65. The van der Waals surface area contributed by atoms with Crippen LogP contribution >= 0.6 is 0 Å². The van der Waals surface area contributed by atoms with Crippen LogP contribution in [0.2, 0.25) is 0 Å². The van der Waals surface area contributed by atoms with E-state index in [1.54, 1.807) is 12.1 Å². The fourth-order valence-corrected chi connectivity index (χ4v) is 2.50. The maximum atomic E-state index is 9.33. The van der Waals surface area contributed by atoms with Crippen LogP contribution in [0.25, 0.3) is 11.1 Å². The molecule has 21 heavy (non-hydrogen) atoms. The van der Waals surface area contributed by atoms with Gasteiger partial charge in [-0.25, -0.2) is 0 Å². The molecule has 2 atom stereocenters. The summed E-state index contributed by atoms with van der Waals surface area (Å²) in [6, 6.07) is 15.7. The van der Waals surface area contributed by atoms with Crippen molar-refractivity contribution in [2.24, 2.45) is 0 Å². The molecule has 0 aliphatic heterocycles. The molecule has 0 aliphatic carbocycles. The zero-order valence-corrected chi connectivity index (χ0v) is 13.0. The molecule has 0 radical (unpaired) electrons. The number of hydrogen-bond acceptors (Lipinski definition) is 2. The molecule has 0 fully saturated rings. The molecule has 2 rings (SSSR count). The number of aromatic hydroxyl groups is 1. The van der Waals surface area contributed by atoms with Crippen LogP contribution in [0.5, 0.6) is 5.75 Å². The predicted molar refractivity (Wildman–Crippen MR) is 87.4 cm³/mol. The molecule has 2 aromatic rings. The first-order valence-corrected chi connectivity index (χ1v) is 7.65. The average Bonchev–Trinajstić information content (AvgIpc) is 2.48. The summed E-state index contributed by atoms with van der Waals surface area (Å²) in [5, 5.41) is 9.33. The Morgan fingerprint density at radius 1 is 0.905 bits per heavy atom. The maximum Gasteiger partial charge on any atom is 0.115 e. The highest BCUT2D eigenvalue weighted by Crippen LogP contribution is 2.25. The van der Waals surface area contributed by atoms with E-state index in [1.165, 1.54) is 5.56 Å². The van der Waals surface area contributed by atoms with E-state index in [0.29, 0.717) is 11.9 Å². The molecule has 0 bridgehead atoms. The summed E-state index contributed by atoms with van der Waals surface area (Å²) in [5.74, 6) is 0.294. The molecule has 2 unspecified atom stereocenters. The second kappa shape index (κ2) is 7.28. The fourth-order valence-electron chi connectivity index (χ4n) is 2.50. The van der Waals surface area contributed by atoms with E-state index in [9.17, 15) is 5.11 Å². The molecule has 2 nitrogen and oxygen atoms in total. The summed E-state index contributed by atoms with van der Waals surface area (Å²) in [5.41, 5.74) is 3.44. The van der Waals surface area contributed by atoms with Crippen LogP contribution in [0.15, 0.2) is 48.5 Å². The standard InChI is InChI=1S/C19H24O2/c1-4-5-14(2)21-15(3)16-6-8-17(9-7-16)18-10-12-19(20)13-11-18/h6-15,20H,4-5H2,1-3H3. The first-order chi connectivity index (χ1) is 10.1. The zero-order valence-electron chi connectivity index (χ0n) is 13.0. The summed E-state index contributed by atoms with van der Waals surface area (Å²) in [6.45, 7) is 6.41. The number of phenols is 1. The summed E-state index contributed by atoms with van der Waals surface area (Å²) in [4.78, 5) is 0. The fraction of sp³-hybridized carbons (Fsp3) is 0.368. The number of hydrogen-bond donors (Lipinski definition) is 1. The number of phenolic OH excluding ortho intramolecular Hbond substituents is 1. The normalized spacial score (nSPS) is 13.9. The summed E-state index contributed by atoms with van der Waals surface area (Å²) < 4.78 is 6.01. The summed E-state index contributed by atoms with van der Waals surface area (Å²) >= 11 is 0. The van der Waals surface area contributed by atoms with Gasteiger partial charge in [0.2, 0.25) is 0 Å². The molecule has 0 spiro atoms. The van der Waals surface area contributed by atoms with Crippen LogP contribution in [-0.4, -0.2) is 11.2 Å². The van der Waals surface area contributed by atoms with Crippen LogP contribution in [-0.2, 0) is 4.74 Å². The van der Waals surface area contributed by atoms with Crippen molar-refractivity contribution in [1.29, 1.82) is 0 Å². The lowest BCUT2D eigenvalue weighted by atomic mass is 10.0. The molecule has 0 saturated heterocycles. The van der Waals surface area contributed by atoms with Gasteiger partial charge in [0.15, 0.2) is 0 Å². The van der Waals surface area contributed by atoms with Gasteiger partial charge in [-0.2, -0.15) is 0 Å². The Labute approximate surface area is 127 Å². The lowest BCUT2D eigenvalue weighted by Gasteiger charge is -2.19. The van der Waals surface area contributed by atoms with E-state index in [0.717, 1.165) is 24.0 Å². The summed E-state index contributed by atoms with van der Waals surface area (Å²) in [7, 11) is 0. The molecular formula is C19H24O2. The second-order valence-electron chi connectivity index (χ2n) is 5.55. The highest BCUT2D eigenvalue weighted by Gasteiger charge is 2.10. The highest BCUT2D eigenvalue weighted by atomic mass is 16.5. The van der Waals surface area contributed by atoms with E-state index in [-0.39, 0.29) is 6.10 Å². The van der Waals surface area contributed by atoms with Gasteiger partial charge in [-0.1, -0.05) is 49.7 Å². The van der Waals surface area contributed by atoms with Gasteiger partial charge in [0.1, 0.15) is 5.75 Å². The van der Waals surface area contributed by atoms with E-state index >= 15 is 0 Å². The maximum absolute atomic E-state index is 9.33. The Morgan fingerprint density at radius 3 is 1.95 bits per heavy atom. The number of rotatable bonds is 6. The topological polar surface area (TPSA) is 29.5 Å². The minimum absolute atomic E-state index is 0.111. The molecule has 1 N–H and O–H groups in total. The highest BCUT2D eigenvalue weighted by molar-refractivity contribution is 5.64. The third kappa shape index (κ3) is 4.33. The van der Waals surface area contributed by atoms with Crippen molar-refractivity contribution < 1.29 is 9.84 Å². The molecule has 2 aromatic carbocycles. The largest absolute Gasteiger partial charge is 0.508 e. The van der Waals surface area contributed by atoms with Crippen molar-refractivity contribution >= 4 is 0 Å². The lowest BCUT2D eigenvalue weighted by Crippen LogP contribution is -2.11. The minimum Gasteiger partial charge on any atom is -0.508 e. The van der Waals surface area contributed by atoms with Crippen LogP contribution in [0.3, 0.4) is 0 Å².